The summed E-state index contributed by atoms with van der Waals surface area (Å²) in [6.45, 7) is 0. The van der Waals surface area contributed by atoms with Crippen LogP contribution in [0.15, 0.2) is 83.8 Å². The third kappa shape index (κ3) is 10.7. The van der Waals surface area contributed by atoms with E-state index in [9.17, 15) is 27.9 Å². The smallest absolute Gasteiger partial charge is 0.343 e. The van der Waals surface area contributed by atoms with Crippen molar-refractivity contribution in [3.05, 3.63) is 95.6 Å². The molecule has 3 N–H and O–H groups in total. The zero-order valence-electron chi connectivity index (χ0n) is 31.0. The summed E-state index contributed by atoms with van der Waals surface area (Å²) < 4.78 is 63.3. The monoisotopic (exact) mass is 804 g/mol. The first-order chi connectivity index (χ1) is 27.4. The van der Waals surface area contributed by atoms with Gasteiger partial charge in [-0.3, -0.25) is 9.59 Å². The van der Waals surface area contributed by atoms with Gasteiger partial charge >= 0.3 is 18.0 Å². The van der Waals surface area contributed by atoms with Crippen LogP contribution in [0, 0.1) is 0 Å². The Morgan fingerprint density at radius 1 is 0.632 bits per heavy atom. The molecule has 0 spiro atoms. The van der Waals surface area contributed by atoms with Crippen LogP contribution in [0.3, 0.4) is 0 Å². The van der Waals surface area contributed by atoms with Crippen LogP contribution in [0.2, 0.25) is 0 Å². The van der Waals surface area contributed by atoms with Crippen molar-refractivity contribution < 1.29 is 61.1 Å². The highest BCUT2D eigenvalue weighted by Gasteiger charge is 2.25. The number of para-hydroxylation sites is 1. The molecule has 2 amide bonds. The second kappa shape index (κ2) is 18.4. The molecule has 0 bridgehead atoms. The molecule has 2 heterocycles. The summed E-state index contributed by atoms with van der Waals surface area (Å²) in [5.74, 6) is -1.59. The van der Waals surface area contributed by atoms with Gasteiger partial charge in [-0.15, -0.1) is 0 Å². The number of aromatic carboxylic acids is 1. The van der Waals surface area contributed by atoms with E-state index in [0.29, 0.717) is 5.56 Å². The Morgan fingerprint density at radius 3 is 1.54 bits per heavy atom. The SMILES string of the molecule is COc1cc(OC)nc(Oc2cccc(Oc3nc(OC)cc(OC)n3)c2C(=O)O)n1.COc1ccccc1C(=O)NS(=O)(=O)c1ccc(C(=O)NC2CC2)cc1. The predicted octanol–water partition coefficient (Wildman–Crippen LogP) is 4.29. The first-order valence-electron chi connectivity index (χ1n) is 16.6. The molecule has 6 rings (SSSR count). The lowest BCUT2D eigenvalue weighted by molar-refractivity contribution is 0.0690. The molecule has 20 heteroatoms. The number of sulfonamides is 1. The standard InChI is InChI=1S/C19H18N4O8.C18H18N2O5S/c1-26-12-8-13(27-2)21-18(20-12)30-10-6-5-7-11(16(10)17(24)25)31-19-22-14(28-3)9-15(23-19)29-4;1-25-16-5-3-2-4-15(16)18(22)20-26(23,24)14-10-6-12(7-11-14)17(21)19-13-8-9-13/h5-9H,1-4H3,(H,24,25);2-7,10-11,13H,8-9H2,1H3,(H,19,21)(H,20,22). The molecule has 1 fully saturated rings. The Hall–Kier alpha value is -7.22. The molecule has 0 aliphatic heterocycles. The largest absolute Gasteiger partial charge is 0.496 e. The first kappa shape index (κ1) is 41.0. The number of carboxylic acids is 1. The first-order valence-corrected chi connectivity index (χ1v) is 18.1. The van der Waals surface area contributed by atoms with Crippen molar-refractivity contribution in [3.8, 4) is 52.8 Å². The van der Waals surface area contributed by atoms with Crippen molar-refractivity contribution in [2.24, 2.45) is 0 Å². The zero-order chi connectivity index (χ0) is 41.1. The van der Waals surface area contributed by atoms with Gasteiger partial charge in [0.2, 0.25) is 23.5 Å². The third-order valence-corrected chi connectivity index (χ3v) is 9.02. The van der Waals surface area contributed by atoms with E-state index in [1.54, 1.807) is 18.2 Å². The van der Waals surface area contributed by atoms with E-state index < -0.39 is 21.9 Å². The summed E-state index contributed by atoms with van der Waals surface area (Å²) in [6, 6.07) is 18.8. The molecular weight excluding hydrogens is 769 g/mol. The molecule has 1 aliphatic carbocycles. The Balaban J connectivity index is 0.000000221. The lowest BCUT2D eigenvalue weighted by atomic mass is 10.2. The van der Waals surface area contributed by atoms with Gasteiger partial charge in [0, 0.05) is 11.6 Å². The number of rotatable bonds is 15. The van der Waals surface area contributed by atoms with Crippen LogP contribution < -0.4 is 43.2 Å². The predicted molar refractivity (Wildman–Crippen MR) is 198 cm³/mol. The maximum Gasteiger partial charge on any atom is 0.343 e. The van der Waals surface area contributed by atoms with E-state index in [4.69, 9.17) is 33.2 Å². The van der Waals surface area contributed by atoms with Crippen molar-refractivity contribution in [1.82, 2.24) is 30.0 Å². The molecule has 1 aliphatic rings. The molecule has 0 saturated heterocycles. The molecule has 298 valence electrons. The van der Waals surface area contributed by atoms with Crippen molar-refractivity contribution >= 4 is 27.8 Å². The molecule has 2 aromatic heterocycles. The minimum absolute atomic E-state index is 0.0878. The van der Waals surface area contributed by atoms with Crippen LogP contribution in [0.4, 0.5) is 0 Å². The van der Waals surface area contributed by atoms with Gasteiger partial charge in [0.05, 0.1) is 58.1 Å². The van der Waals surface area contributed by atoms with Gasteiger partial charge in [0.25, 0.3) is 21.8 Å². The summed E-state index contributed by atoms with van der Waals surface area (Å²) in [7, 11) is 2.95. The van der Waals surface area contributed by atoms with Gasteiger partial charge in [-0.25, -0.2) is 17.9 Å². The van der Waals surface area contributed by atoms with Gasteiger partial charge in [-0.05, 0) is 61.4 Å². The van der Waals surface area contributed by atoms with E-state index in [0.717, 1.165) is 12.8 Å². The Labute approximate surface area is 325 Å². The number of carbonyl (C=O) groups excluding carboxylic acids is 2. The molecule has 19 nitrogen and oxygen atoms in total. The molecule has 3 aromatic carbocycles. The molecule has 0 atom stereocenters. The summed E-state index contributed by atoms with van der Waals surface area (Å²) in [6.07, 6.45) is 1.93. The van der Waals surface area contributed by atoms with Crippen molar-refractivity contribution in [3.63, 3.8) is 0 Å². The zero-order valence-corrected chi connectivity index (χ0v) is 31.9. The number of nitrogens with one attached hydrogen (secondary N) is 2. The molecule has 57 heavy (non-hydrogen) atoms. The number of nitrogens with zero attached hydrogens (tertiary/aromatic N) is 4. The minimum atomic E-state index is -4.07. The second-order valence-electron chi connectivity index (χ2n) is 11.5. The van der Waals surface area contributed by atoms with Gasteiger partial charge < -0.3 is 43.6 Å². The van der Waals surface area contributed by atoms with Crippen molar-refractivity contribution in [2.45, 2.75) is 23.8 Å². The lowest BCUT2D eigenvalue weighted by Crippen LogP contribution is -2.31. The maximum absolute atomic E-state index is 12.4. The Bertz CT molecular complexity index is 2240. The quantitative estimate of drug-likeness (QED) is 0.134. The van der Waals surface area contributed by atoms with Crippen molar-refractivity contribution in [2.75, 3.05) is 35.5 Å². The van der Waals surface area contributed by atoms with Crippen LogP contribution in [-0.2, 0) is 10.0 Å². The lowest BCUT2D eigenvalue weighted by Gasteiger charge is -2.13. The number of hydrogen-bond acceptors (Lipinski definition) is 16. The number of carboxylic acid groups (broad SMARTS) is 1. The molecule has 1 saturated carbocycles. The van der Waals surface area contributed by atoms with Crippen LogP contribution in [0.25, 0.3) is 0 Å². The molecular formula is C37H36N6O13S. The van der Waals surface area contributed by atoms with Gasteiger partial charge in [-0.1, -0.05) is 18.2 Å². The minimum Gasteiger partial charge on any atom is -0.496 e. The third-order valence-electron chi connectivity index (χ3n) is 7.68. The van der Waals surface area contributed by atoms with E-state index in [-0.39, 0.29) is 80.8 Å². The van der Waals surface area contributed by atoms with Crippen LogP contribution in [0.1, 0.15) is 43.9 Å². The topological polar surface area (TPSA) is 246 Å². The van der Waals surface area contributed by atoms with Crippen LogP contribution in [0.5, 0.6) is 52.8 Å². The normalized spacial score (nSPS) is 11.8. The number of methoxy groups -OCH3 is 5. The van der Waals surface area contributed by atoms with Crippen molar-refractivity contribution in [1.29, 1.82) is 0 Å². The summed E-state index contributed by atoms with van der Waals surface area (Å²) in [5, 5.41) is 12.6. The fourth-order valence-corrected chi connectivity index (χ4v) is 5.68. The summed E-state index contributed by atoms with van der Waals surface area (Å²) in [4.78, 5) is 52.2. The number of ether oxygens (including phenoxy) is 7. The van der Waals surface area contributed by atoms with Gasteiger partial charge in [0.1, 0.15) is 22.8 Å². The maximum atomic E-state index is 12.4. The number of hydrogen-bond donors (Lipinski definition) is 3. The molecule has 0 radical (unpaired) electrons. The van der Waals surface area contributed by atoms with E-state index >= 15 is 0 Å². The highest BCUT2D eigenvalue weighted by molar-refractivity contribution is 7.90. The highest BCUT2D eigenvalue weighted by Crippen LogP contribution is 2.35. The van der Waals surface area contributed by atoms with Gasteiger partial charge in [-0.2, -0.15) is 19.9 Å². The van der Waals surface area contributed by atoms with Crippen LogP contribution >= 0.6 is 0 Å². The fraction of sp³-hybridized carbons (Fsp3) is 0.216. The number of carbonyl (C=O) groups is 3. The number of benzene rings is 3. The number of aromatic nitrogens is 4. The molecule has 5 aromatic rings. The average molecular weight is 805 g/mol. The van der Waals surface area contributed by atoms with E-state index in [1.165, 1.54) is 96.2 Å². The Kier molecular flexibility index (Phi) is 13.2. The number of amides is 2. The van der Waals surface area contributed by atoms with E-state index in [2.05, 4.69) is 25.3 Å². The second-order valence-corrected chi connectivity index (χ2v) is 13.2. The fourth-order valence-electron chi connectivity index (χ4n) is 4.72. The van der Waals surface area contributed by atoms with Gasteiger partial charge in [0.15, 0.2) is 0 Å². The Morgan fingerprint density at radius 2 is 1.11 bits per heavy atom. The summed E-state index contributed by atoms with van der Waals surface area (Å²) >= 11 is 0. The highest BCUT2D eigenvalue weighted by atomic mass is 32.2. The average Bonchev–Trinajstić information content (AvgIpc) is 4.04. The van der Waals surface area contributed by atoms with Crippen LogP contribution in [-0.4, -0.2) is 92.8 Å². The van der Waals surface area contributed by atoms with E-state index in [1.807, 2.05) is 4.72 Å². The molecule has 0 unspecified atom stereocenters. The summed E-state index contributed by atoms with van der Waals surface area (Å²) in [5.41, 5.74) is 0.171.